The van der Waals surface area contributed by atoms with Gasteiger partial charge in [0.15, 0.2) is 0 Å². The van der Waals surface area contributed by atoms with Crippen molar-refractivity contribution < 1.29 is 9.53 Å². The fourth-order valence-corrected chi connectivity index (χ4v) is 2.30. The number of nitrogens with zero attached hydrogens (tertiary/aromatic N) is 1. The van der Waals surface area contributed by atoms with Gasteiger partial charge >= 0.3 is 6.09 Å². The number of amides is 1. The molecule has 0 aromatic heterocycles. The van der Waals surface area contributed by atoms with Gasteiger partial charge in [-0.3, -0.25) is 0 Å². The van der Waals surface area contributed by atoms with Crippen molar-refractivity contribution in [3.05, 3.63) is 35.9 Å². The first-order chi connectivity index (χ1) is 10.0. The van der Waals surface area contributed by atoms with Crippen LogP contribution in [-0.2, 0) is 11.3 Å². The van der Waals surface area contributed by atoms with Crippen LogP contribution in [0.3, 0.4) is 0 Å². The average Bonchev–Trinajstić information content (AvgIpc) is 2.44. The number of carbonyl (C=O) groups excluding carboxylic acids is 1. The lowest BCUT2D eigenvalue weighted by molar-refractivity contribution is 0.0930. The van der Waals surface area contributed by atoms with Crippen molar-refractivity contribution in [3.8, 4) is 0 Å². The molecule has 2 N–H and O–H groups in total. The highest BCUT2D eigenvalue weighted by Gasteiger charge is 2.18. The van der Waals surface area contributed by atoms with Crippen LogP contribution < -0.4 is 5.73 Å². The maximum absolute atomic E-state index is 12.2. The Bertz CT molecular complexity index is 407. The molecule has 0 saturated carbocycles. The van der Waals surface area contributed by atoms with Gasteiger partial charge in [0, 0.05) is 19.1 Å². The summed E-state index contributed by atoms with van der Waals surface area (Å²) >= 11 is 0. The number of nitrogens with two attached hydrogens (primary N) is 1. The number of benzene rings is 1. The molecule has 0 fully saturated rings. The third-order valence-electron chi connectivity index (χ3n) is 3.19. The second-order valence-corrected chi connectivity index (χ2v) is 5.88. The average molecular weight is 292 g/mol. The second kappa shape index (κ2) is 9.40. The summed E-state index contributed by atoms with van der Waals surface area (Å²) < 4.78 is 5.38. The summed E-state index contributed by atoms with van der Waals surface area (Å²) in [6.45, 7) is 7.86. The van der Waals surface area contributed by atoms with Crippen LogP contribution in [0.1, 0.15) is 39.2 Å². The number of rotatable bonds is 8. The minimum Gasteiger partial charge on any atom is -0.445 e. The fourth-order valence-electron chi connectivity index (χ4n) is 2.30. The van der Waals surface area contributed by atoms with E-state index < -0.39 is 0 Å². The predicted molar refractivity (Wildman–Crippen MR) is 85.9 cm³/mol. The van der Waals surface area contributed by atoms with Crippen molar-refractivity contribution in [2.24, 2.45) is 11.7 Å². The molecular formula is C17H28N2O2. The molecule has 0 heterocycles. The highest BCUT2D eigenvalue weighted by molar-refractivity contribution is 5.67. The van der Waals surface area contributed by atoms with E-state index in [2.05, 4.69) is 13.8 Å². The largest absolute Gasteiger partial charge is 0.445 e. The van der Waals surface area contributed by atoms with Crippen LogP contribution in [-0.4, -0.2) is 30.1 Å². The lowest BCUT2D eigenvalue weighted by atomic mass is 10.0. The maximum Gasteiger partial charge on any atom is 0.410 e. The van der Waals surface area contributed by atoms with Gasteiger partial charge in [-0.1, -0.05) is 51.1 Å². The summed E-state index contributed by atoms with van der Waals surface area (Å²) in [7, 11) is 0. The minimum absolute atomic E-state index is 0.000764. The zero-order chi connectivity index (χ0) is 15.7. The Kier molecular flexibility index (Phi) is 7.83. The van der Waals surface area contributed by atoms with E-state index in [1.807, 2.05) is 37.3 Å². The summed E-state index contributed by atoms with van der Waals surface area (Å²) in [5, 5.41) is 0. The van der Waals surface area contributed by atoms with Gasteiger partial charge in [0.05, 0.1) is 0 Å². The van der Waals surface area contributed by atoms with Gasteiger partial charge in [-0.2, -0.15) is 0 Å². The van der Waals surface area contributed by atoms with Crippen LogP contribution >= 0.6 is 0 Å². The molecule has 1 amide bonds. The van der Waals surface area contributed by atoms with Crippen molar-refractivity contribution in [1.29, 1.82) is 0 Å². The summed E-state index contributed by atoms with van der Waals surface area (Å²) in [6, 6.07) is 9.71. The van der Waals surface area contributed by atoms with E-state index in [1.165, 1.54) is 0 Å². The molecule has 4 nitrogen and oxygen atoms in total. The molecule has 118 valence electrons. The zero-order valence-electron chi connectivity index (χ0n) is 13.4. The molecule has 0 radical (unpaired) electrons. The first-order valence-electron chi connectivity index (χ1n) is 7.74. The van der Waals surface area contributed by atoms with E-state index in [1.54, 1.807) is 4.90 Å². The predicted octanol–water partition coefficient (Wildman–Crippen LogP) is 3.41. The molecule has 1 aromatic carbocycles. The van der Waals surface area contributed by atoms with Crippen LogP contribution in [0.5, 0.6) is 0 Å². The topological polar surface area (TPSA) is 55.6 Å². The highest BCUT2D eigenvalue weighted by Crippen LogP contribution is 2.08. The molecule has 1 atom stereocenters. The first-order valence-corrected chi connectivity index (χ1v) is 7.74. The van der Waals surface area contributed by atoms with E-state index >= 15 is 0 Å². The first kappa shape index (κ1) is 17.5. The molecule has 0 aliphatic heterocycles. The van der Waals surface area contributed by atoms with Gasteiger partial charge in [-0.05, 0) is 24.3 Å². The Hall–Kier alpha value is -1.55. The van der Waals surface area contributed by atoms with Gasteiger partial charge in [-0.25, -0.2) is 4.79 Å². The fraction of sp³-hybridized carbons (Fsp3) is 0.588. The number of hydrogen-bond donors (Lipinski definition) is 1. The third kappa shape index (κ3) is 7.14. The maximum atomic E-state index is 12.2. The van der Waals surface area contributed by atoms with Gasteiger partial charge in [0.1, 0.15) is 6.61 Å². The van der Waals surface area contributed by atoms with E-state index in [9.17, 15) is 4.79 Å². The Morgan fingerprint density at radius 3 is 2.52 bits per heavy atom. The Morgan fingerprint density at radius 1 is 1.29 bits per heavy atom. The molecular weight excluding hydrogens is 264 g/mol. The molecule has 1 rings (SSSR count). The van der Waals surface area contributed by atoms with Crippen molar-refractivity contribution in [2.75, 3.05) is 13.1 Å². The van der Waals surface area contributed by atoms with Crippen LogP contribution in [0.25, 0.3) is 0 Å². The quantitative estimate of drug-likeness (QED) is 0.799. The van der Waals surface area contributed by atoms with E-state index in [0.29, 0.717) is 25.6 Å². The van der Waals surface area contributed by atoms with E-state index in [-0.39, 0.29) is 12.1 Å². The molecule has 1 aromatic rings. The van der Waals surface area contributed by atoms with E-state index in [4.69, 9.17) is 10.5 Å². The summed E-state index contributed by atoms with van der Waals surface area (Å²) in [5.41, 5.74) is 7.10. The molecule has 21 heavy (non-hydrogen) atoms. The van der Waals surface area contributed by atoms with Crippen molar-refractivity contribution in [1.82, 2.24) is 4.90 Å². The number of hydrogen-bond acceptors (Lipinski definition) is 3. The van der Waals surface area contributed by atoms with Crippen molar-refractivity contribution in [3.63, 3.8) is 0 Å². The Morgan fingerprint density at radius 2 is 1.95 bits per heavy atom. The van der Waals surface area contributed by atoms with Crippen molar-refractivity contribution in [2.45, 2.75) is 46.3 Å². The molecule has 4 heteroatoms. The van der Waals surface area contributed by atoms with Crippen LogP contribution in [0.2, 0.25) is 0 Å². The number of carbonyl (C=O) groups is 1. The lowest BCUT2D eigenvalue weighted by Crippen LogP contribution is -2.42. The zero-order valence-corrected chi connectivity index (χ0v) is 13.4. The van der Waals surface area contributed by atoms with Gasteiger partial charge < -0.3 is 15.4 Å². The second-order valence-electron chi connectivity index (χ2n) is 5.88. The third-order valence-corrected chi connectivity index (χ3v) is 3.19. The normalized spacial score (nSPS) is 12.2. The van der Waals surface area contributed by atoms with Crippen LogP contribution in [0, 0.1) is 5.92 Å². The lowest BCUT2D eigenvalue weighted by Gasteiger charge is -2.25. The summed E-state index contributed by atoms with van der Waals surface area (Å²) in [4.78, 5) is 13.9. The molecule has 0 spiro atoms. The van der Waals surface area contributed by atoms with E-state index in [0.717, 1.165) is 18.4 Å². The van der Waals surface area contributed by atoms with Crippen LogP contribution in [0.15, 0.2) is 30.3 Å². The molecule has 0 unspecified atom stereocenters. The smallest absolute Gasteiger partial charge is 0.410 e. The minimum atomic E-state index is -0.278. The molecule has 0 bridgehead atoms. The van der Waals surface area contributed by atoms with Gasteiger partial charge in [0.25, 0.3) is 0 Å². The molecule has 0 saturated heterocycles. The Labute approximate surface area is 128 Å². The standard InChI is InChI=1S/C17H28N2O2/c1-4-10-19(12-16(18)11-14(2)3)17(20)21-13-15-8-6-5-7-9-15/h5-9,14,16H,4,10-13,18H2,1-3H3/t16-/m0/s1. The number of ether oxygens (including phenoxy) is 1. The van der Waals surface area contributed by atoms with Gasteiger partial charge in [0.2, 0.25) is 0 Å². The molecule has 0 aliphatic carbocycles. The Balaban J connectivity index is 2.48. The molecule has 0 aliphatic rings. The van der Waals surface area contributed by atoms with Crippen LogP contribution in [0.4, 0.5) is 4.79 Å². The summed E-state index contributed by atoms with van der Waals surface area (Å²) in [5.74, 6) is 0.531. The SMILES string of the molecule is CCCN(C[C@@H](N)CC(C)C)C(=O)OCc1ccccc1. The highest BCUT2D eigenvalue weighted by atomic mass is 16.6. The van der Waals surface area contributed by atoms with Gasteiger partial charge in [-0.15, -0.1) is 0 Å². The van der Waals surface area contributed by atoms with Crippen molar-refractivity contribution >= 4 is 6.09 Å². The monoisotopic (exact) mass is 292 g/mol. The summed E-state index contributed by atoms with van der Waals surface area (Å²) in [6.07, 6.45) is 1.53.